The number of hydrogen-bond acceptors (Lipinski definition) is 2. The van der Waals surface area contributed by atoms with Crippen LogP contribution in [0.2, 0.25) is 0 Å². The Morgan fingerprint density at radius 2 is 1.72 bits per heavy atom. The van der Waals surface area contributed by atoms with E-state index in [0.29, 0.717) is 11.7 Å². The summed E-state index contributed by atoms with van der Waals surface area (Å²) < 4.78 is 5.52. The average molecular weight is 244 g/mol. The highest BCUT2D eigenvalue weighted by molar-refractivity contribution is 5.79. The summed E-state index contributed by atoms with van der Waals surface area (Å²) in [6, 6.07) is 8.86. The van der Waals surface area contributed by atoms with Crippen LogP contribution in [0.3, 0.4) is 0 Å². The third-order valence-electron chi connectivity index (χ3n) is 4.67. The van der Waals surface area contributed by atoms with Gasteiger partial charge in [-0.3, -0.25) is 4.79 Å². The molecule has 2 nitrogen and oxygen atoms in total. The lowest BCUT2D eigenvalue weighted by molar-refractivity contribution is -0.127. The van der Waals surface area contributed by atoms with Gasteiger partial charge in [0.25, 0.3) is 0 Å². The molecule has 0 N–H and O–H groups in total. The summed E-state index contributed by atoms with van der Waals surface area (Å²) >= 11 is 0. The van der Waals surface area contributed by atoms with E-state index in [-0.39, 0.29) is 5.41 Å². The van der Waals surface area contributed by atoms with Crippen LogP contribution in [0, 0.1) is 12.8 Å². The number of ether oxygens (including phenoxy) is 1. The maximum Gasteiger partial charge on any atom is 0.132 e. The molecule has 2 heteroatoms. The molecule has 0 spiro atoms. The molecule has 2 fully saturated rings. The monoisotopic (exact) mass is 244 g/mol. The highest BCUT2D eigenvalue weighted by Crippen LogP contribution is 2.45. The minimum Gasteiger partial charge on any atom is -0.379 e. The SMILES string of the molecule is Cc1ccc(C2(C3CCC(=O)CC3)COC2)cc1. The Balaban J connectivity index is 1.85. The Labute approximate surface area is 108 Å². The van der Waals surface area contributed by atoms with E-state index in [0.717, 1.165) is 38.9 Å². The van der Waals surface area contributed by atoms with Crippen molar-refractivity contribution in [3.63, 3.8) is 0 Å². The van der Waals surface area contributed by atoms with Crippen molar-refractivity contribution in [2.75, 3.05) is 13.2 Å². The number of rotatable bonds is 2. The molecule has 0 bridgehead atoms. The van der Waals surface area contributed by atoms with Gasteiger partial charge in [-0.1, -0.05) is 29.8 Å². The second kappa shape index (κ2) is 4.51. The number of Topliss-reactive ketones (excluding diaryl/α,β-unsaturated/α-hetero) is 1. The van der Waals surface area contributed by atoms with E-state index >= 15 is 0 Å². The van der Waals surface area contributed by atoms with Gasteiger partial charge in [-0.05, 0) is 31.2 Å². The minimum absolute atomic E-state index is 0.189. The van der Waals surface area contributed by atoms with Crippen LogP contribution in [0.15, 0.2) is 24.3 Å². The molecular formula is C16H20O2. The van der Waals surface area contributed by atoms with Crippen molar-refractivity contribution in [3.05, 3.63) is 35.4 Å². The van der Waals surface area contributed by atoms with Gasteiger partial charge in [0.1, 0.15) is 5.78 Å². The molecule has 1 aromatic carbocycles. The van der Waals surface area contributed by atoms with Gasteiger partial charge >= 0.3 is 0 Å². The Morgan fingerprint density at radius 1 is 1.11 bits per heavy atom. The van der Waals surface area contributed by atoms with Crippen LogP contribution >= 0.6 is 0 Å². The van der Waals surface area contributed by atoms with Gasteiger partial charge in [0, 0.05) is 18.3 Å². The van der Waals surface area contributed by atoms with E-state index < -0.39 is 0 Å². The minimum atomic E-state index is 0.189. The fraction of sp³-hybridized carbons (Fsp3) is 0.562. The van der Waals surface area contributed by atoms with Gasteiger partial charge in [-0.2, -0.15) is 0 Å². The predicted octanol–water partition coefficient (Wildman–Crippen LogP) is 3.02. The molecule has 1 aliphatic heterocycles. The summed E-state index contributed by atoms with van der Waals surface area (Å²) in [6.45, 7) is 3.77. The molecule has 1 saturated carbocycles. The zero-order chi connectivity index (χ0) is 12.6. The number of benzene rings is 1. The third kappa shape index (κ3) is 1.89. The molecule has 96 valence electrons. The topological polar surface area (TPSA) is 26.3 Å². The molecular weight excluding hydrogens is 224 g/mol. The van der Waals surface area contributed by atoms with E-state index in [1.165, 1.54) is 11.1 Å². The van der Waals surface area contributed by atoms with Gasteiger partial charge in [0.2, 0.25) is 0 Å². The second-order valence-corrected chi connectivity index (χ2v) is 5.83. The number of aryl methyl sites for hydroxylation is 1. The zero-order valence-corrected chi connectivity index (χ0v) is 10.9. The number of hydrogen-bond donors (Lipinski definition) is 0. The van der Waals surface area contributed by atoms with Crippen molar-refractivity contribution >= 4 is 5.78 Å². The van der Waals surface area contributed by atoms with E-state index in [2.05, 4.69) is 31.2 Å². The first-order valence-corrected chi connectivity index (χ1v) is 6.87. The normalized spacial score (nSPS) is 23.7. The molecule has 3 rings (SSSR count). The zero-order valence-electron chi connectivity index (χ0n) is 10.9. The number of ketones is 1. The summed E-state index contributed by atoms with van der Waals surface area (Å²) in [7, 11) is 0. The summed E-state index contributed by atoms with van der Waals surface area (Å²) in [6.07, 6.45) is 3.60. The van der Waals surface area contributed by atoms with Gasteiger partial charge in [-0.25, -0.2) is 0 Å². The van der Waals surface area contributed by atoms with Gasteiger partial charge in [0.15, 0.2) is 0 Å². The number of carbonyl (C=O) groups is 1. The quantitative estimate of drug-likeness (QED) is 0.799. The maximum atomic E-state index is 11.4. The largest absolute Gasteiger partial charge is 0.379 e. The first-order chi connectivity index (χ1) is 8.71. The molecule has 0 aromatic heterocycles. The van der Waals surface area contributed by atoms with E-state index in [4.69, 9.17) is 4.74 Å². The van der Waals surface area contributed by atoms with Crippen LogP contribution in [0.5, 0.6) is 0 Å². The second-order valence-electron chi connectivity index (χ2n) is 5.83. The lowest BCUT2D eigenvalue weighted by atomic mass is 9.63. The van der Waals surface area contributed by atoms with Crippen LogP contribution in [-0.2, 0) is 14.9 Å². The van der Waals surface area contributed by atoms with Gasteiger partial charge < -0.3 is 4.74 Å². The van der Waals surface area contributed by atoms with E-state index in [1.54, 1.807) is 0 Å². The Bertz CT molecular complexity index is 433. The van der Waals surface area contributed by atoms with Crippen LogP contribution in [0.1, 0.15) is 36.8 Å². The van der Waals surface area contributed by atoms with Crippen molar-refractivity contribution in [3.8, 4) is 0 Å². The summed E-state index contributed by atoms with van der Waals surface area (Å²) in [5, 5.41) is 0. The van der Waals surface area contributed by atoms with Crippen molar-refractivity contribution < 1.29 is 9.53 Å². The predicted molar refractivity (Wildman–Crippen MR) is 70.6 cm³/mol. The Kier molecular flexibility index (Phi) is 2.98. The molecule has 1 aliphatic carbocycles. The molecule has 0 amide bonds. The Hall–Kier alpha value is -1.15. The Morgan fingerprint density at radius 3 is 2.22 bits per heavy atom. The van der Waals surface area contributed by atoms with Crippen LogP contribution < -0.4 is 0 Å². The average Bonchev–Trinajstić information content (AvgIpc) is 2.32. The van der Waals surface area contributed by atoms with Crippen molar-refractivity contribution in [2.45, 2.75) is 38.0 Å². The highest BCUT2D eigenvalue weighted by atomic mass is 16.5. The molecule has 1 saturated heterocycles. The molecule has 18 heavy (non-hydrogen) atoms. The number of carbonyl (C=O) groups excluding carboxylic acids is 1. The fourth-order valence-corrected chi connectivity index (χ4v) is 3.34. The lowest BCUT2D eigenvalue weighted by Gasteiger charge is -2.49. The smallest absolute Gasteiger partial charge is 0.132 e. The fourth-order valence-electron chi connectivity index (χ4n) is 3.34. The third-order valence-corrected chi connectivity index (χ3v) is 4.67. The summed E-state index contributed by atoms with van der Waals surface area (Å²) in [5.74, 6) is 1.05. The van der Waals surface area contributed by atoms with Crippen LogP contribution in [0.25, 0.3) is 0 Å². The summed E-state index contributed by atoms with van der Waals surface area (Å²) in [5.41, 5.74) is 2.89. The summed E-state index contributed by atoms with van der Waals surface area (Å²) in [4.78, 5) is 11.4. The highest BCUT2D eigenvalue weighted by Gasteiger charge is 2.47. The standard InChI is InChI=1S/C16H20O2/c1-12-2-4-13(5-3-12)16(10-18-11-16)14-6-8-15(17)9-7-14/h2-5,14H,6-11H2,1H3. The van der Waals surface area contributed by atoms with Gasteiger partial charge in [-0.15, -0.1) is 0 Å². The lowest BCUT2D eigenvalue weighted by Crippen LogP contribution is -2.53. The molecule has 0 unspecified atom stereocenters. The molecule has 0 radical (unpaired) electrons. The van der Waals surface area contributed by atoms with Crippen LogP contribution in [-0.4, -0.2) is 19.0 Å². The van der Waals surface area contributed by atoms with Crippen molar-refractivity contribution in [2.24, 2.45) is 5.92 Å². The van der Waals surface area contributed by atoms with Crippen molar-refractivity contribution in [1.29, 1.82) is 0 Å². The molecule has 2 aliphatic rings. The van der Waals surface area contributed by atoms with Crippen molar-refractivity contribution in [1.82, 2.24) is 0 Å². The van der Waals surface area contributed by atoms with E-state index in [1.807, 2.05) is 0 Å². The first kappa shape index (κ1) is 11.9. The maximum absolute atomic E-state index is 11.4. The first-order valence-electron chi connectivity index (χ1n) is 6.87. The van der Waals surface area contributed by atoms with Crippen LogP contribution in [0.4, 0.5) is 0 Å². The molecule has 1 aromatic rings. The molecule has 1 heterocycles. The van der Waals surface area contributed by atoms with E-state index in [9.17, 15) is 4.79 Å². The van der Waals surface area contributed by atoms with Gasteiger partial charge in [0.05, 0.1) is 13.2 Å². The molecule has 0 atom stereocenters.